The Kier molecular flexibility index (Phi) is 4.59. The SMILES string of the molecule is COc1cc(C#N)cc(OCc2ccc(F)c(Br)c2)c1. The second kappa shape index (κ2) is 6.40. The predicted octanol–water partition coefficient (Wildman–Crippen LogP) is 4.05. The number of methoxy groups -OCH3 is 1. The van der Waals surface area contributed by atoms with E-state index in [4.69, 9.17) is 14.7 Å². The molecule has 0 saturated heterocycles. The third-order valence-corrected chi connectivity index (χ3v) is 3.24. The summed E-state index contributed by atoms with van der Waals surface area (Å²) in [6.45, 7) is 0.275. The van der Waals surface area contributed by atoms with E-state index in [9.17, 15) is 4.39 Å². The van der Waals surface area contributed by atoms with Crippen LogP contribution < -0.4 is 9.47 Å². The van der Waals surface area contributed by atoms with Crippen LogP contribution in [-0.2, 0) is 6.61 Å². The van der Waals surface area contributed by atoms with Crippen LogP contribution in [0.1, 0.15) is 11.1 Å². The molecule has 2 aromatic carbocycles. The highest BCUT2D eigenvalue weighted by molar-refractivity contribution is 9.10. The molecule has 3 nitrogen and oxygen atoms in total. The number of nitrogens with zero attached hydrogens (tertiary/aromatic N) is 1. The minimum absolute atomic E-state index is 0.275. The number of hydrogen-bond acceptors (Lipinski definition) is 3. The molecule has 0 saturated carbocycles. The smallest absolute Gasteiger partial charge is 0.137 e. The van der Waals surface area contributed by atoms with Gasteiger partial charge < -0.3 is 9.47 Å². The molecule has 2 aromatic rings. The molecule has 0 amide bonds. The van der Waals surface area contributed by atoms with Crippen LogP contribution in [0.25, 0.3) is 0 Å². The lowest BCUT2D eigenvalue weighted by atomic mass is 10.2. The zero-order chi connectivity index (χ0) is 14.5. The maximum absolute atomic E-state index is 13.1. The first-order chi connectivity index (χ1) is 9.62. The van der Waals surface area contributed by atoms with Crippen molar-refractivity contribution in [2.24, 2.45) is 0 Å². The average molecular weight is 336 g/mol. The predicted molar refractivity (Wildman–Crippen MR) is 76.1 cm³/mol. The molecule has 0 fully saturated rings. The first-order valence-electron chi connectivity index (χ1n) is 5.78. The van der Waals surface area contributed by atoms with Gasteiger partial charge in [-0.15, -0.1) is 0 Å². The van der Waals surface area contributed by atoms with Gasteiger partial charge in [-0.3, -0.25) is 0 Å². The van der Waals surface area contributed by atoms with Gasteiger partial charge in [0.2, 0.25) is 0 Å². The highest BCUT2D eigenvalue weighted by Crippen LogP contribution is 2.24. The number of hydrogen-bond donors (Lipinski definition) is 0. The molecule has 5 heteroatoms. The second-order valence-electron chi connectivity index (χ2n) is 4.05. The van der Waals surface area contributed by atoms with E-state index < -0.39 is 0 Å². The highest BCUT2D eigenvalue weighted by Gasteiger charge is 2.04. The van der Waals surface area contributed by atoms with Gasteiger partial charge in [0.1, 0.15) is 23.9 Å². The normalized spacial score (nSPS) is 9.90. The van der Waals surface area contributed by atoms with Crippen molar-refractivity contribution in [1.29, 1.82) is 5.26 Å². The summed E-state index contributed by atoms with van der Waals surface area (Å²) in [7, 11) is 1.53. The molecule has 0 heterocycles. The molecule has 0 aromatic heterocycles. The first kappa shape index (κ1) is 14.4. The van der Waals surface area contributed by atoms with E-state index in [1.807, 2.05) is 6.07 Å². The van der Waals surface area contributed by atoms with Gasteiger partial charge in [0.05, 0.1) is 23.2 Å². The van der Waals surface area contributed by atoms with Crippen molar-refractivity contribution in [2.45, 2.75) is 6.61 Å². The zero-order valence-electron chi connectivity index (χ0n) is 10.7. The first-order valence-corrected chi connectivity index (χ1v) is 6.57. The van der Waals surface area contributed by atoms with E-state index in [2.05, 4.69) is 15.9 Å². The molecule has 0 aliphatic carbocycles. The van der Waals surface area contributed by atoms with Crippen molar-refractivity contribution in [2.75, 3.05) is 7.11 Å². The molecule has 20 heavy (non-hydrogen) atoms. The minimum atomic E-state index is -0.318. The fraction of sp³-hybridized carbons (Fsp3) is 0.133. The highest BCUT2D eigenvalue weighted by atomic mass is 79.9. The average Bonchev–Trinajstić information content (AvgIpc) is 2.48. The van der Waals surface area contributed by atoms with Crippen LogP contribution >= 0.6 is 15.9 Å². The fourth-order valence-electron chi connectivity index (χ4n) is 1.63. The van der Waals surface area contributed by atoms with E-state index in [1.54, 1.807) is 30.3 Å². The standard InChI is InChI=1S/C15H11BrFNO2/c1-19-12-4-11(8-18)5-13(7-12)20-9-10-2-3-15(17)14(16)6-10/h2-7H,9H2,1H3. The second-order valence-corrected chi connectivity index (χ2v) is 4.90. The molecule has 0 atom stereocenters. The summed E-state index contributed by atoms with van der Waals surface area (Å²) < 4.78 is 24.2. The van der Waals surface area contributed by atoms with Crippen LogP contribution in [0.5, 0.6) is 11.5 Å². The van der Waals surface area contributed by atoms with Crippen molar-refractivity contribution in [1.82, 2.24) is 0 Å². The molecule has 102 valence electrons. The Balaban J connectivity index is 2.14. The van der Waals surface area contributed by atoms with Gasteiger partial charge in [0.25, 0.3) is 0 Å². The molecule has 2 rings (SSSR count). The van der Waals surface area contributed by atoms with Crippen LogP contribution in [0, 0.1) is 17.1 Å². The Morgan fingerprint density at radius 2 is 1.95 bits per heavy atom. The van der Waals surface area contributed by atoms with E-state index in [0.29, 0.717) is 21.5 Å². The van der Waals surface area contributed by atoms with Gasteiger partial charge >= 0.3 is 0 Å². The van der Waals surface area contributed by atoms with Crippen molar-refractivity contribution in [3.63, 3.8) is 0 Å². The summed E-state index contributed by atoms with van der Waals surface area (Å²) in [4.78, 5) is 0. The summed E-state index contributed by atoms with van der Waals surface area (Å²) in [5.41, 5.74) is 1.28. The maximum Gasteiger partial charge on any atom is 0.137 e. The number of nitriles is 1. The van der Waals surface area contributed by atoms with Crippen LogP contribution in [0.3, 0.4) is 0 Å². The largest absolute Gasteiger partial charge is 0.497 e. The molecule has 0 unspecified atom stereocenters. The van der Waals surface area contributed by atoms with Crippen molar-refractivity contribution in [3.05, 3.63) is 57.8 Å². The summed E-state index contributed by atoms with van der Waals surface area (Å²) in [6.07, 6.45) is 0. The van der Waals surface area contributed by atoms with Gasteiger partial charge in [-0.2, -0.15) is 5.26 Å². The molecular weight excluding hydrogens is 325 g/mol. The maximum atomic E-state index is 13.1. The van der Waals surface area contributed by atoms with Gasteiger partial charge in [-0.25, -0.2) is 4.39 Å². The lowest BCUT2D eigenvalue weighted by Crippen LogP contribution is -1.97. The van der Waals surface area contributed by atoms with Gasteiger partial charge in [-0.05, 0) is 45.8 Å². The van der Waals surface area contributed by atoms with Gasteiger partial charge in [-0.1, -0.05) is 6.07 Å². The fourth-order valence-corrected chi connectivity index (χ4v) is 2.06. The third-order valence-electron chi connectivity index (χ3n) is 2.63. The van der Waals surface area contributed by atoms with Gasteiger partial charge in [0.15, 0.2) is 0 Å². The van der Waals surface area contributed by atoms with Crippen molar-refractivity contribution >= 4 is 15.9 Å². The summed E-state index contributed by atoms with van der Waals surface area (Å²) in [5, 5.41) is 8.93. The Morgan fingerprint density at radius 3 is 2.60 bits per heavy atom. The summed E-state index contributed by atoms with van der Waals surface area (Å²) in [5.74, 6) is 0.766. The lowest BCUT2D eigenvalue weighted by Gasteiger charge is -2.09. The quantitative estimate of drug-likeness (QED) is 0.846. The van der Waals surface area contributed by atoms with E-state index in [1.165, 1.54) is 13.2 Å². The Hall–Kier alpha value is -2.06. The Bertz CT molecular complexity index is 667. The van der Waals surface area contributed by atoms with E-state index >= 15 is 0 Å². The zero-order valence-corrected chi connectivity index (χ0v) is 12.3. The van der Waals surface area contributed by atoms with Gasteiger partial charge in [0, 0.05) is 6.07 Å². The number of rotatable bonds is 4. The number of benzene rings is 2. The van der Waals surface area contributed by atoms with Crippen molar-refractivity contribution in [3.8, 4) is 17.6 Å². The minimum Gasteiger partial charge on any atom is -0.497 e. The number of ether oxygens (including phenoxy) is 2. The Labute approximate surface area is 124 Å². The lowest BCUT2D eigenvalue weighted by molar-refractivity contribution is 0.303. The topological polar surface area (TPSA) is 42.2 Å². The summed E-state index contributed by atoms with van der Waals surface area (Å²) in [6, 6.07) is 11.7. The van der Waals surface area contributed by atoms with Crippen LogP contribution in [0.15, 0.2) is 40.9 Å². The van der Waals surface area contributed by atoms with Crippen LogP contribution in [-0.4, -0.2) is 7.11 Å². The summed E-state index contributed by atoms with van der Waals surface area (Å²) >= 11 is 3.12. The molecule has 0 N–H and O–H groups in total. The van der Waals surface area contributed by atoms with Crippen LogP contribution in [0.2, 0.25) is 0 Å². The van der Waals surface area contributed by atoms with E-state index in [-0.39, 0.29) is 12.4 Å². The third kappa shape index (κ3) is 3.49. The molecule has 0 spiro atoms. The Morgan fingerprint density at radius 1 is 1.20 bits per heavy atom. The molecule has 0 aliphatic rings. The van der Waals surface area contributed by atoms with Crippen molar-refractivity contribution < 1.29 is 13.9 Å². The molecule has 0 aliphatic heterocycles. The molecule has 0 radical (unpaired) electrons. The molecule has 0 bridgehead atoms. The van der Waals surface area contributed by atoms with Crippen LogP contribution in [0.4, 0.5) is 4.39 Å². The van der Waals surface area contributed by atoms with E-state index in [0.717, 1.165) is 5.56 Å². The monoisotopic (exact) mass is 335 g/mol. The molecular formula is C15H11BrFNO2. The number of halogens is 2.